The second-order valence-electron chi connectivity index (χ2n) is 6.78. The van der Waals surface area contributed by atoms with Crippen LogP contribution in [-0.4, -0.2) is 38.6 Å². The maximum Gasteiger partial charge on any atom is 0.257 e. The average molecular weight is 458 g/mol. The fourth-order valence-electron chi connectivity index (χ4n) is 2.72. The Kier molecular flexibility index (Phi) is 6.74. The molecule has 0 atom stereocenters. The van der Waals surface area contributed by atoms with Gasteiger partial charge in [-0.05, 0) is 48.5 Å². The molecule has 0 aliphatic carbocycles. The first-order valence-electron chi connectivity index (χ1n) is 9.18. The van der Waals surface area contributed by atoms with E-state index in [-0.39, 0.29) is 21.4 Å². The van der Waals surface area contributed by atoms with Crippen LogP contribution in [0.3, 0.4) is 0 Å². The molecule has 3 rings (SSSR count). The van der Waals surface area contributed by atoms with Gasteiger partial charge < -0.3 is 10.6 Å². The van der Waals surface area contributed by atoms with Crippen molar-refractivity contribution < 1.29 is 18.0 Å². The molecule has 0 fully saturated rings. The van der Waals surface area contributed by atoms with E-state index in [1.165, 1.54) is 32.3 Å². The summed E-state index contributed by atoms with van der Waals surface area (Å²) in [7, 11) is -0.918. The quantitative estimate of drug-likeness (QED) is 0.582. The van der Waals surface area contributed by atoms with E-state index in [2.05, 4.69) is 10.6 Å². The molecule has 3 aromatic carbocycles. The predicted octanol–water partition coefficient (Wildman–Crippen LogP) is 4.09. The van der Waals surface area contributed by atoms with Crippen LogP contribution in [0, 0.1) is 0 Å². The molecule has 9 heteroatoms. The standard InChI is InChI=1S/C22H20ClN3O4S/c1-26(2)31(29,30)18-11-12-20(23)19(14-18)22(28)25-17-10-6-9-16(13-17)24-21(27)15-7-4-3-5-8-15/h3-14H,1-2H3,(H,24,27)(H,25,28). The lowest BCUT2D eigenvalue weighted by atomic mass is 10.2. The third-order valence-corrected chi connectivity index (χ3v) is 6.52. The number of hydrogen-bond acceptors (Lipinski definition) is 4. The van der Waals surface area contributed by atoms with Crippen LogP contribution in [0.25, 0.3) is 0 Å². The normalized spacial score (nSPS) is 11.2. The molecule has 3 aromatic rings. The summed E-state index contributed by atoms with van der Waals surface area (Å²) >= 11 is 6.13. The van der Waals surface area contributed by atoms with Crippen LogP contribution in [0.5, 0.6) is 0 Å². The Balaban J connectivity index is 1.80. The van der Waals surface area contributed by atoms with Crippen molar-refractivity contribution in [3.8, 4) is 0 Å². The topological polar surface area (TPSA) is 95.6 Å². The van der Waals surface area contributed by atoms with E-state index in [9.17, 15) is 18.0 Å². The van der Waals surface area contributed by atoms with E-state index >= 15 is 0 Å². The molecule has 0 aliphatic heterocycles. The largest absolute Gasteiger partial charge is 0.322 e. The highest BCUT2D eigenvalue weighted by molar-refractivity contribution is 7.89. The van der Waals surface area contributed by atoms with E-state index in [1.807, 2.05) is 6.07 Å². The molecule has 160 valence electrons. The Morgan fingerprint density at radius 1 is 0.806 bits per heavy atom. The van der Waals surface area contributed by atoms with Gasteiger partial charge in [0, 0.05) is 31.0 Å². The van der Waals surface area contributed by atoms with Gasteiger partial charge in [-0.3, -0.25) is 9.59 Å². The number of nitrogens with one attached hydrogen (secondary N) is 2. The molecule has 2 N–H and O–H groups in total. The predicted molar refractivity (Wildman–Crippen MR) is 121 cm³/mol. The van der Waals surface area contributed by atoms with Gasteiger partial charge in [0.15, 0.2) is 0 Å². The van der Waals surface area contributed by atoms with Crippen molar-refractivity contribution in [3.63, 3.8) is 0 Å². The number of carbonyl (C=O) groups excluding carboxylic acids is 2. The Morgan fingerprint density at radius 2 is 1.42 bits per heavy atom. The van der Waals surface area contributed by atoms with Crippen molar-refractivity contribution in [2.24, 2.45) is 0 Å². The van der Waals surface area contributed by atoms with Crippen molar-refractivity contribution in [3.05, 3.63) is 88.9 Å². The number of anilines is 2. The lowest BCUT2D eigenvalue weighted by molar-refractivity contribution is 0.101. The number of halogens is 1. The molecule has 0 aliphatic rings. The van der Waals surface area contributed by atoms with Crippen LogP contribution in [-0.2, 0) is 10.0 Å². The highest BCUT2D eigenvalue weighted by atomic mass is 35.5. The van der Waals surface area contributed by atoms with E-state index in [1.54, 1.807) is 48.5 Å². The zero-order valence-corrected chi connectivity index (χ0v) is 18.4. The molecule has 7 nitrogen and oxygen atoms in total. The molecule has 0 heterocycles. The Labute approximate surface area is 185 Å². The summed E-state index contributed by atoms with van der Waals surface area (Å²) in [4.78, 5) is 25.0. The number of hydrogen-bond donors (Lipinski definition) is 2. The van der Waals surface area contributed by atoms with Crippen molar-refractivity contribution >= 4 is 44.8 Å². The smallest absolute Gasteiger partial charge is 0.257 e. The van der Waals surface area contributed by atoms with Gasteiger partial charge in [0.05, 0.1) is 15.5 Å². The summed E-state index contributed by atoms with van der Waals surface area (Å²) in [6.07, 6.45) is 0. The summed E-state index contributed by atoms with van der Waals surface area (Å²) in [6.45, 7) is 0. The molecule has 0 bridgehead atoms. The zero-order valence-electron chi connectivity index (χ0n) is 16.8. The maximum atomic E-state index is 12.7. The van der Waals surface area contributed by atoms with Crippen molar-refractivity contribution in [1.29, 1.82) is 0 Å². The van der Waals surface area contributed by atoms with Crippen LogP contribution in [0.1, 0.15) is 20.7 Å². The molecule has 0 saturated heterocycles. The van der Waals surface area contributed by atoms with Gasteiger partial charge >= 0.3 is 0 Å². The molecule has 31 heavy (non-hydrogen) atoms. The minimum absolute atomic E-state index is 0.0170. The fourth-order valence-corrected chi connectivity index (χ4v) is 3.85. The van der Waals surface area contributed by atoms with Crippen LogP contribution in [0.15, 0.2) is 77.7 Å². The number of carbonyl (C=O) groups is 2. The lowest BCUT2D eigenvalue weighted by Crippen LogP contribution is -2.23. The van der Waals surface area contributed by atoms with Crippen LogP contribution in [0.2, 0.25) is 5.02 Å². The molecule has 0 aromatic heterocycles. The molecule has 0 spiro atoms. The minimum atomic E-state index is -3.72. The summed E-state index contributed by atoms with van der Waals surface area (Å²) in [5, 5.41) is 5.56. The molecular formula is C22H20ClN3O4S. The van der Waals surface area contributed by atoms with E-state index in [4.69, 9.17) is 11.6 Å². The van der Waals surface area contributed by atoms with Gasteiger partial charge in [-0.1, -0.05) is 35.9 Å². The first kappa shape index (κ1) is 22.5. The summed E-state index contributed by atoms with van der Waals surface area (Å²) in [5.74, 6) is -0.860. The van der Waals surface area contributed by atoms with Gasteiger partial charge in [0.2, 0.25) is 10.0 Å². The zero-order chi connectivity index (χ0) is 22.6. The highest BCUT2D eigenvalue weighted by Crippen LogP contribution is 2.24. The molecule has 0 radical (unpaired) electrons. The van der Waals surface area contributed by atoms with E-state index in [0.29, 0.717) is 16.9 Å². The second kappa shape index (κ2) is 9.30. The summed E-state index contributed by atoms with van der Waals surface area (Å²) < 4.78 is 25.8. The van der Waals surface area contributed by atoms with Gasteiger partial charge in [0.1, 0.15) is 0 Å². The number of benzene rings is 3. The fraction of sp³-hybridized carbons (Fsp3) is 0.0909. The van der Waals surface area contributed by atoms with Gasteiger partial charge in [0.25, 0.3) is 11.8 Å². The van der Waals surface area contributed by atoms with Crippen molar-refractivity contribution in [2.45, 2.75) is 4.90 Å². The van der Waals surface area contributed by atoms with E-state index < -0.39 is 15.9 Å². The SMILES string of the molecule is CN(C)S(=O)(=O)c1ccc(Cl)c(C(=O)Nc2cccc(NC(=O)c3ccccc3)c2)c1. The average Bonchev–Trinajstić information content (AvgIpc) is 2.74. The Morgan fingerprint density at radius 3 is 2.03 bits per heavy atom. The number of nitrogens with zero attached hydrogens (tertiary/aromatic N) is 1. The first-order chi connectivity index (χ1) is 14.7. The lowest BCUT2D eigenvalue weighted by Gasteiger charge is -2.13. The van der Waals surface area contributed by atoms with Crippen LogP contribution in [0.4, 0.5) is 11.4 Å². The first-order valence-corrected chi connectivity index (χ1v) is 11.0. The van der Waals surface area contributed by atoms with Gasteiger partial charge in [-0.2, -0.15) is 0 Å². The highest BCUT2D eigenvalue weighted by Gasteiger charge is 2.21. The van der Waals surface area contributed by atoms with E-state index in [0.717, 1.165) is 4.31 Å². The summed E-state index contributed by atoms with van der Waals surface area (Å²) in [5.41, 5.74) is 1.42. The third kappa shape index (κ3) is 5.29. The molecule has 0 unspecified atom stereocenters. The molecular weight excluding hydrogens is 438 g/mol. The minimum Gasteiger partial charge on any atom is -0.322 e. The number of amides is 2. The van der Waals surface area contributed by atoms with Crippen LogP contribution < -0.4 is 10.6 Å². The Hall–Kier alpha value is -3.20. The van der Waals surface area contributed by atoms with Crippen LogP contribution >= 0.6 is 11.6 Å². The maximum absolute atomic E-state index is 12.7. The van der Waals surface area contributed by atoms with Gasteiger partial charge in [-0.25, -0.2) is 12.7 Å². The summed E-state index contributed by atoms with van der Waals surface area (Å²) in [6, 6.07) is 19.3. The molecule has 2 amide bonds. The Bertz CT molecular complexity index is 1230. The number of rotatable bonds is 6. The second-order valence-corrected chi connectivity index (χ2v) is 9.34. The van der Waals surface area contributed by atoms with Crippen molar-refractivity contribution in [1.82, 2.24) is 4.31 Å². The molecule has 0 saturated carbocycles. The third-order valence-electron chi connectivity index (χ3n) is 4.38. The monoisotopic (exact) mass is 457 g/mol. The number of sulfonamides is 1. The van der Waals surface area contributed by atoms with Crippen molar-refractivity contribution in [2.75, 3.05) is 24.7 Å². The van der Waals surface area contributed by atoms with Gasteiger partial charge in [-0.15, -0.1) is 0 Å².